The Bertz CT molecular complexity index is 663. The van der Waals surface area contributed by atoms with Gasteiger partial charge in [0.15, 0.2) is 5.03 Å². The molecule has 0 radical (unpaired) electrons. The van der Waals surface area contributed by atoms with Crippen LogP contribution in [0.1, 0.15) is 5.69 Å². The van der Waals surface area contributed by atoms with E-state index in [-0.39, 0.29) is 5.03 Å². The summed E-state index contributed by atoms with van der Waals surface area (Å²) in [6, 6.07) is 7.14. The van der Waals surface area contributed by atoms with Gasteiger partial charge >= 0.3 is 0 Å². The summed E-state index contributed by atoms with van der Waals surface area (Å²) in [6.45, 7) is 4.90. The van der Waals surface area contributed by atoms with Crippen LogP contribution in [0.25, 0.3) is 11.0 Å². The molecule has 16 heavy (non-hydrogen) atoms. The van der Waals surface area contributed by atoms with Gasteiger partial charge in [0.2, 0.25) is 9.84 Å². The summed E-state index contributed by atoms with van der Waals surface area (Å²) in [4.78, 5) is 8.30. The fourth-order valence-corrected chi connectivity index (χ4v) is 2.26. The van der Waals surface area contributed by atoms with Crippen molar-refractivity contribution < 1.29 is 8.42 Å². The molecule has 0 saturated carbocycles. The molecule has 0 bridgehead atoms. The number of sulfone groups is 1. The molecule has 1 heterocycles. The van der Waals surface area contributed by atoms with Gasteiger partial charge in [0.05, 0.1) is 16.7 Å². The summed E-state index contributed by atoms with van der Waals surface area (Å²) in [7, 11) is -3.53. The molecule has 82 valence electrons. The molecule has 0 atom stereocenters. The standard InChI is InChI=1S/C11H10N2O2S/c1-3-16(14,15)11-8(2)12-9-6-4-5-7-10(9)13-11/h3-7H,1H2,2H3. The fourth-order valence-electron chi connectivity index (χ4n) is 1.42. The van der Waals surface area contributed by atoms with Gasteiger partial charge in [-0.2, -0.15) is 0 Å². The van der Waals surface area contributed by atoms with Gasteiger partial charge in [0.1, 0.15) is 0 Å². The highest BCUT2D eigenvalue weighted by atomic mass is 32.2. The minimum absolute atomic E-state index is 0.0267. The van der Waals surface area contributed by atoms with Crippen molar-refractivity contribution in [3.05, 3.63) is 41.9 Å². The minimum atomic E-state index is -3.53. The lowest BCUT2D eigenvalue weighted by Gasteiger charge is -2.04. The number of aryl methyl sites for hydroxylation is 1. The second-order valence-corrected chi connectivity index (χ2v) is 5.12. The van der Waals surface area contributed by atoms with Crippen molar-refractivity contribution >= 4 is 20.9 Å². The molecule has 0 N–H and O–H groups in total. The molecule has 0 spiro atoms. The lowest BCUT2D eigenvalue weighted by atomic mass is 10.3. The largest absolute Gasteiger partial charge is 0.248 e. The predicted molar refractivity (Wildman–Crippen MR) is 61.7 cm³/mol. The average Bonchev–Trinajstić information content (AvgIpc) is 2.28. The van der Waals surface area contributed by atoms with Gasteiger partial charge in [-0.15, -0.1) is 0 Å². The Morgan fingerprint density at radius 1 is 1.19 bits per heavy atom. The Kier molecular flexibility index (Phi) is 2.47. The summed E-state index contributed by atoms with van der Waals surface area (Å²) in [6.07, 6.45) is 0. The van der Waals surface area contributed by atoms with E-state index >= 15 is 0 Å². The molecule has 0 aliphatic rings. The van der Waals surface area contributed by atoms with E-state index in [1.54, 1.807) is 25.1 Å². The van der Waals surface area contributed by atoms with Crippen LogP contribution in [0.3, 0.4) is 0 Å². The third kappa shape index (κ3) is 1.69. The van der Waals surface area contributed by atoms with Crippen LogP contribution >= 0.6 is 0 Å². The molecule has 1 aromatic carbocycles. The molecule has 2 aromatic rings. The number of hydrogen-bond acceptors (Lipinski definition) is 4. The van der Waals surface area contributed by atoms with Crippen molar-refractivity contribution in [2.45, 2.75) is 11.9 Å². The van der Waals surface area contributed by atoms with Gasteiger partial charge in [-0.25, -0.2) is 18.4 Å². The van der Waals surface area contributed by atoms with Crippen molar-refractivity contribution in [3.63, 3.8) is 0 Å². The van der Waals surface area contributed by atoms with Gasteiger partial charge in [0.25, 0.3) is 0 Å². The third-order valence-corrected chi connectivity index (χ3v) is 3.55. The predicted octanol–water partition coefficient (Wildman–Crippen LogP) is 1.86. The lowest BCUT2D eigenvalue weighted by Crippen LogP contribution is -2.04. The number of para-hydroxylation sites is 2. The molecule has 0 unspecified atom stereocenters. The van der Waals surface area contributed by atoms with E-state index in [2.05, 4.69) is 16.5 Å². The van der Waals surface area contributed by atoms with Crippen molar-refractivity contribution in [3.8, 4) is 0 Å². The maximum atomic E-state index is 11.6. The summed E-state index contributed by atoms with van der Waals surface area (Å²) in [5.74, 6) is 0. The maximum Gasteiger partial charge on any atom is 0.218 e. The molecule has 2 rings (SSSR count). The lowest BCUT2D eigenvalue weighted by molar-refractivity contribution is 0.600. The zero-order chi connectivity index (χ0) is 11.8. The second-order valence-electron chi connectivity index (χ2n) is 3.31. The zero-order valence-corrected chi connectivity index (χ0v) is 9.53. The van der Waals surface area contributed by atoms with Gasteiger partial charge in [-0.05, 0) is 19.1 Å². The molecule has 0 aliphatic carbocycles. The van der Waals surface area contributed by atoms with E-state index < -0.39 is 9.84 Å². The first-order valence-electron chi connectivity index (χ1n) is 4.65. The Hall–Kier alpha value is -1.75. The van der Waals surface area contributed by atoms with Crippen LogP contribution in [0, 0.1) is 6.92 Å². The van der Waals surface area contributed by atoms with E-state index in [4.69, 9.17) is 0 Å². The zero-order valence-electron chi connectivity index (χ0n) is 8.71. The summed E-state index contributed by atoms with van der Waals surface area (Å²) in [5.41, 5.74) is 1.63. The van der Waals surface area contributed by atoms with Crippen LogP contribution in [0.4, 0.5) is 0 Å². The van der Waals surface area contributed by atoms with Crippen molar-refractivity contribution in [2.75, 3.05) is 0 Å². The van der Waals surface area contributed by atoms with E-state index in [0.29, 0.717) is 16.7 Å². The first kappa shape index (κ1) is 10.8. The molecule has 0 amide bonds. The molecule has 4 nitrogen and oxygen atoms in total. The highest BCUT2D eigenvalue weighted by Gasteiger charge is 2.16. The first-order valence-corrected chi connectivity index (χ1v) is 6.20. The van der Waals surface area contributed by atoms with E-state index in [9.17, 15) is 8.42 Å². The summed E-state index contributed by atoms with van der Waals surface area (Å²) < 4.78 is 23.3. The molecular formula is C11H10N2O2S. The molecule has 0 aliphatic heterocycles. The van der Waals surface area contributed by atoms with Crippen LogP contribution < -0.4 is 0 Å². The van der Waals surface area contributed by atoms with Crippen LogP contribution in [-0.4, -0.2) is 18.4 Å². The van der Waals surface area contributed by atoms with Gasteiger partial charge in [-0.1, -0.05) is 18.7 Å². The monoisotopic (exact) mass is 234 g/mol. The normalized spacial score (nSPS) is 11.6. The number of hydrogen-bond donors (Lipinski definition) is 0. The van der Waals surface area contributed by atoms with Crippen molar-refractivity contribution in [1.82, 2.24) is 9.97 Å². The van der Waals surface area contributed by atoms with Crippen LogP contribution in [0.5, 0.6) is 0 Å². The average molecular weight is 234 g/mol. The SMILES string of the molecule is C=CS(=O)(=O)c1nc2ccccc2nc1C. The molecule has 0 fully saturated rings. The quantitative estimate of drug-likeness (QED) is 0.795. The molecule has 0 saturated heterocycles. The number of benzene rings is 1. The van der Waals surface area contributed by atoms with E-state index in [1.165, 1.54) is 0 Å². The number of nitrogens with zero attached hydrogens (tertiary/aromatic N) is 2. The molecular weight excluding hydrogens is 224 g/mol. The second kappa shape index (κ2) is 3.68. The van der Waals surface area contributed by atoms with Gasteiger partial charge in [0, 0.05) is 5.41 Å². The summed E-state index contributed by atoms with van der Waals surface area (Å²) >= 11 is 0. The molecule has 5 heteroatoms. The Labute approximate surface area is 93.6 Å². The first-order chi connectivity index (χ1) is 7.54. The number of rotatable bonds is 2. The minimum Gasteiger partial charge on any atom is -0.248 e. The highest BCUT2D eigenvalue weighted by molar-refractivity contribution is 7.94. The van der Waals surface area contributed by atoms with Crippen molar-refractivity contribution in [2.24, 2.45) is 0 Å². The van der Waals surface area contributed by atoms with Gasteiger partial charge in [-0.3, -0.25) is 0 Å². The van der Waals surface area contributed by atoms with Gasteiger partial charge < -0.3 is 0 Å². The Balaban J connectivity index is 2.82. The topological polar surface area (TPSA) is 59.9 Å². The highest BCUT2D eigenvalue weighted by Crippen LogP contribution is 2.17. The van der Waals surface area contributed by atoms with Crippen LogP contribution in [-0.2, 0) is 9.84 Å². The number of fused-ring (bicyclic) bond motifs is 1. The number of aromatic nitrogens is 2. The summed E-state index contributed by atoms with van der Waals surface area (Å²) in [5, 5.41) is 0.861. The van der Waals surface area contributed by atoms with Crippen LogP contribution in [0.2, 0.25) is 0 Å². The third-order valence-electron chi connectivity index (χ3n) is 2.19. The maximum absolute atomic E-state index is 11.6. The smallest absolute Gasteiger partial charge is 0.218 e. The van der Waals surface area contributed by atoms with Crippen LogP contribution in [0.15, 0.2) is 41.3 Å². The fraction of sp³-hybridized carbons (Fsp3) is 0.0909. The molecule has 1 aromatic heterocycles. The Morgan fingerprint density at radius 3 is 2.31 bits per heavy atom. The van der Waals surface area contributed by atoms with Crippen molar-refractivity contribution in [1.29, 1.82) is 0 Å². The van der Waals surface area contributed by atoms with E-state index in [0.717, 1.165) is 5.41 Å². The van der Waals surface area contributed by atoms with E-state index in [1.807, 2.05) is 6.07 Å². The Morgan fingerprint density at radius 2 is 1.75 bits per heavy atom.